The van der Waals surface area contributed by atoms with Crippen molar-refractivity contribution in [2.45, 2.75) is 45.8 Å². The fourth-order valence-corrected chi connectivity index (χ4v) is 3.33. The van der Waals surface area contributed by atoms with Crippen LogP contribution >= 0.6 is 0 Å². The van der Waals surface area contributed by atoms with Crippen molar-refractivity contribution in [1.82, 2.24) is 25.1 Å². The summed E-state index contributed by atoms with van der Waals surface area (Å²) >= 11 is 0. The fourth-order valence-electron chi connectivity index (χ4n) is 3.33. The van der Waals surface area contributed by atoms with Crippen LogP contribution < -0.4 is 10.2 Å². The van der Waals surface area contributed by atoms with Crippen LogP contribution in [-0.2, 0) is 13.1 Å². The molecule has 130 valence electrons. The lowest BCUT2D eigenvalue weighted by molar-refractivity contribution is 0.267. The molecule has 7 nitrogen and oxygen atoms in total. The van der Waals surface area contributed by atoms with Gasteiger partial charge >= 0.3 is 0 Å². The molecule has 7 heteroatoms. The molecule has 2 N–H and O–H groups in total. The molecular formula is C17H26N6O. The largest absolute Gasteiger partial charge is 0.394 e. The second-order valence-electron chi connectivity index (χ2n) is 6.31. The first-order chi connectivity index (χ1) is 11.7. The molecule has 0 bridgehead atoms. The number of aryl methyl sites for hydroxylation is 1. The van der Waals surface area contributed by atoms with Crippen LogP contribution in [0.1, 0.15) is 29.8 Å². The van der Waals surface area contributed by atoms with E-state index in [1.165, 1.54) is 5.56 Å². The zero-order chi connectivity index (χ0) is 16.9. The molecule has 0 radical (unpaired) electrons. The van der Waals surface area contributed by atoms with Gasteiger partial charge < -0.3 is 15.3 Å². The van der Waals surface area contributed by atoms with Gasteiger partial charge in [0.2, 0.25) is 5.95 Å². The number of nitrogens with zero attached hydrogens (tertiary/aromatic N) is 5. The molecule has 3 rings (SSSR count). The molecule has 1 fully saturated rings. The van der Waals surface area contributed by atoms with E-state index in [1.807, 2.05) is 17.7 Å². The van der Waals surface area contributed by atoms with Gasteiger partial charge in [0.05, 0.1) is 18.8 Å². The summed E-state index contributed by atoms with van der Waals surface area (Å²) in [4.78, 5) is 11.0. The maximum Gasteiger partial charge on any atom is 0.225 e. The smallest absolute Gasteiger partial charge is 0.225 e. The van der Waals surface area contributed by atoms with Gasteiger partial charge in [-0.15, -0.1) is 0 Å². The van der Waals surface area contributed by atoms with Gasteiger partial charge in [0.15, 0.2) is 0 Å². The molecule has 1 aliphatic rings. The highest BCUT2D eigenvalue weighted by Crippen LogP contribution is 2.17. The van der Waals surface area contributed by atoms with Gasteiger partial charge in [0.25, 0.3) is 0 Å². The summed E-state index contributed by atoms with van der Waals surface area (Å²) in [7, 11) is 0. The SMILES string of the molecule is Cc1nn(CCO)c(C)c1CNC1CCCN(c2ncccn2)C1. The van der Waals surface area contributed by atoms with E-state index in [0.29, 0.717) is 12.6 Å². The standard InChI is InChI=1S/C17H26N6O/c1-13-16(14(2)23(21-13)9-10-24)11-20-15-5-3-8-22(12-15)17-18-6-4-7-19-17/h4,6-7,15,20,24H,3,5,8-12H2,1-2H3. The van der Waals surface area contributed by atoms with E-state index >= 15 is 0 Å². The average Bonchev–Trinajstić information content (AvgIpc) is 2.88. The summed E-state index contributed by atoms with van der Waals surface area (Å²) in [5, 5.41) is 17.3. The first-order valence-corrected chi connectivity index (χ1v) is 8.58. The molecule has 1 saturated heterocycles. The highest BCUT2D eigenvalue weighted by molar-refractivity contribution is 5.30. The third-order valence-corrected chi connectivity index (χ3v) is 4.67. The molecule has 24 heavy (non-hydrogen) atoms. The van der Waals surface area contributed by atoms with E-state index in [1.54, 1.807) is 12.4 Å². The predicted octanol–water partition coefficient (Wildman–Crippen LogP) is 1.04. The predicted molar refractivity (Wildman–Crippen MR) is 92.9 cm³/mol. The minimum absolute atomic E-state index is 0.115. The van der Waals surface area contributed by atoms with Crippen LogP contribution in [-0.4, -0.2) is 50.6 Å². The van der Waals surface area contributed by atoms with Crippen molar-refractivity contribution in [2.24, 2.45) is 0 Å². The van der Waals surface area contributed by atoms with Gasteiger partial charge in [-0.3, -0.25) is 4.68 Å². The Balaban J connectivity index is 1.61. The van der Waals surface area contributed by atoms with Crippen LogP contribution in [0.3, 0.4) is 0 Å². The number of aromatic nitrogens is 4. The second-order valence-corrected chi connectivity index (χ2v) is 6.31. The Morgan fingerprint density at radius 1 is 1.29 bits per heavy atom. The molecule has 0 spiro atoms. The summed E-state index contributed by atoms with van der Waals surface area (Å²) in [6, 6.07) is 2.27. The number of hydrogen-bond donors (Lipinski definition) is 2. The summed E-state index contributed by atoms with van der Waals surface area (Å²) < 4.78 is 1.89. The molecular weight excluding hydrogens is 304 g/mol. The van der Waals surface area contributed by atoms with Crippen molar-refractivity contribution in [3.8, 4) is 0 Å². The highest BCUT2D eigenvalue weighted by Gasteiger charge is 2.22. The van der Waals surface area contributed by atoms with E-state index in [9.17, 15) is 0 Å². The third-order valence-electron chi connectivity index (χ3n) is 4.67. The van der Waals surface area contributed by atoms with Crippen LogP contribution in [0.15, 0.2) is 18.5 Å². The van der Waals surface area contributed by atoms with Gasteiger partial charge in [-0.25, -0.2) is 9.97 Å². The molecule has 1 unspecified atom stereocenters. The Kier molecular flexibility index (Phi) is 5.42. The van der Waals surface area contributed by atoms with E-state index in [0.717, 1.165) is 49.8 Å². The van der Waals surface area contributed by atoms with E-state index < -0.39 is 0 Å². The van der Waals surface area contributed by atoms with Crippen molar-refractivity contribution < 1.29 is 5.11 Å². The Morgan fingerprint density at radius 2 is 2.08 bits per heavy atom. The highest BCUT2D eigenvalue weighted by atomic mass is 16.3. The molecule has 1 aliphatic heterocycles. The number of anilines is 1. The van der Waals surface area contributed by atoms with Gasteiger partial charge in [0.1, 0.15) is 0 Å². The third kappa shape index (κ3) is 3.73. The van der Waals surface area contributed by atoms with Gasteiger partial charge in [-0.05, 0) is 32.8 Å². The number of nitrogens with one attached hydrogen (secondary N) is 1. The van der Waals surface area contributed by atoms with E-state index in [2.05, 4.69) is 32.2 Å². The van der Waals surface area contributed by atoms with Crippen molar-refractivity contribution in [2.75, 3.05) is 24.6 Å². The fraction of sp³-hybridized carbons (Fsp3) is 0.588. The Morgan fingerprint density at radius 3 is 2.83 bits per heavy atom. The number of aliphatic hydroxyl groups is 1. The topological polar surface area (TPSA) is 79.1 Å². The molecule has 1 atom stereocenters. The summed E-state index contributed by atoms with van der Waals surface area (Å²) in [6.45, 7) is 7.50. The Hall–Kier alpha value is -1.99. The van der Waals surface area contributed by atoms with Gasteiger partial charge in [-0.1, -0.05) is 0 Å². The van der Waals surface area contributed by atoms with Crippen molar-refractivity contribution in [1.29, 1.82) is 0 Å². The summed E-state index contributed by atoms with van der Waals surface area (Å²) in [6.07, 6.45) is 5.88. The Labute approximate surface area is 142 Å². The average molecular weight is 330 g/mol. The number of aliphatic hydroxyl groups excluding tert-OH is 1. The first-order valence-electron chi connectivity index (χ1n) is 8.58. The quantitative estimate of drug-likeness (QED) is 0.824. The van der Waals surface area contributed by atoms with Crippen LogP contribution in [0.5, 0.6) is 0 Å². The monoisotopic (exact) mass is 330 g/mol. The van der Waals surface area contributed by atoms with Crippen LogP contribution in [0.2, 0.25) is 0 Å². The van der Waals surface area contributed by atoms with E-state index in [4.69, 9.17) is 5.11 Å². The van der Waals surface area contributed by atoms with Crippen LogP contribution in [0.4, 0.5) is 5.95 Å². The number of hydrogen-bond acceptors (Lipinski definition) is 6. The van der Waals surface area contributed by atoms with Gasteiger partial charge in [-0.2, -0.15) is 5.10 Å². The first kappa shape index (κ1) is 16.9. The molecule has 0 aliphatic carbocycles. The second kappa shape index (κ2) is 7.72. The molecule has 3 heterocycles. The zero-order valence-electron chi connectivity index (χ0n) is 14.4. The molecule has 0 amide bonds. The lowest BCUT2D eigenvalue weighted by atomic mass is 10.1. The number of rotatable bonds is 6. The minimum atomic E-state index is 0.115. The zero-order valence-corrected chi connectivity index (χ0v) is 14.4. The maximum atomic E-state index is 9.12. The number of piperidine rings is 1. The van der Waals surface area contributed by atoms with Crippen molar-refractivity contribution >= 4 is 5.95 Å². The van der Waals surface area contributed by atoms with Crippen LogP contribution in [0.25, 0.3) is 0 Å². The lowest BCUT2D eigenvalue weighted by Crippen LogP contribution is -2.46. The normalized spacial score (nSPS) is 18.1. The van der Waals surface area contributed by atoms with Gasteiger partial charge in [0, 0.05) is 49.3 Å². The maximum absolute atomic E-state index is 9.12. The molecule has 2 aromatic rings. The molecule has 0 aromatic carbocycles. The molecule has 2 aromatic heterocycles. The summed E-state index contributed by atoms with van der Waals surface area (Å²) in [5.74, 6) is 0.812. The van der Waals surface area contributed by atoms with E-state index in [-0.39, 0.29) is 6.61 Å². The molecule has 0 saturated carbocycles. The minimum Gasteiger partial charge on any atom is -0.394 e. The summed E-state index contributed by atoms with van der Waals surface area (Å²) in [5.41, 5.74) is 3.40. The lowest BCUT2D eigenvalue weighted by Gasteiger charge is -2.33. The Bertz CT molecular complexity index is 657. The van der Waals surface area contributed by atoms with Crippen molar-refractivity contribution in [3.63, 3.8) is 0 Å². The van der Waals surface area contributed by atoms with Crippen LogP contribution in [0, 0.1) is 13.8 Å². The van der Waals surface area contributed by atoms with Crippen molar-refractivity contribution in [3.05, 3.63) is 35.4 Å².